The van der Waals surface area contributed by atoms with Crippen molar-refractivity contribution in [2.45, 2.75) is 45.6 Å². The van der Waals surface area contributed by atoms with Gasteiger partial charge in [0.1, 0.15) is 17.0 Å². The molecule has 1 unspecified atom stereocenters. The molecule has 0 saturated heterocycles. The van der Waals surface area contributed by atoms with Crippen molar-refractivity contribution in [2.24, 2.45) is 7.05 Å². The minimum atomic E-state index is -0.537. The number of hydrogen-bond donors (Lipinski definition) is 2. The van der Waals surface area contributed by atoms with Gasteiger partial charge in [0.15, 0.2) is 0 Å². The Morgan fingerprint density at radius 1 is 1.41 bits per heavy atom. The molecule has 1 amide bonds. The van der Waals surface area contributed by atoms with Gasteiger partial charge in [-0.3, -0.25) is 9.48 Å². The Morgan fingerprint density at radius 3 is 2.71 bits per heavy atom. The summed E-state index contributed by atoms with van der Waals surface area (Å²) >= 11 is 0. The van der Waals surface area contributed by atoms with Crippen molar-refractivity contribution in [1.29, 1.82) is 0 Å². The van der Waals surface area contributed by atoms with Gasteiger partial charge in [-0.1, -0.05) is 20.3 Å². The molecule has 1 aromatic rings. The highest BCUT2D eigenvalue weighted by Gasteiger charge is 2.38. The number of anilines is 2. The van der Waals surface area contributed by atoms with E-state index in [1.54, 1.807) is 0 Å². The first-order valence-electron chi connectivity index (χ1n) is 6.17. The lowest BCUT2D eigenvalue weighted by molar-refractivity contribution is -0.120. The first kappa shape index (κ1) is 12.0. The summed E-state index contributed by atoms with van der Waals surface area (Å²) < 4.78 is 1.81. The number of aryl methyl sites for hydroxylation is 2. The minimum absolute atomic E-state index is 0.0258. The van der Waals surface area contributed by atoms with Crippen molar-refractivity contribution in [3.63, 3.8) is 0 Å². The molecule has 2 N–H and O–H groups in total. The Labute approximate surface area is 102 Å². The minimum Gasteiger partial charge on any atom is -0.355 e. The lowest BCUT2D eigenvalue weighted by Gasteiger charge is -2.33. The second-order valence-electron chi connectivity index (χ2n) is 4.81. The zero-order chi connectivity index (χ0) is 12.6. The molecule has 2 rings (SSSR count). The van der Waals surface area contributed by atoms with Crippen molar-refractivity contribution in [2.75, 3.05) is 10.6 Å². The Morgan fingerprint density at radius 2 is 2.12 bits per heavy atom. The number of rotatable bonds is 3. The molecule has 0 radical (unpaired) electrons. The molecule has 0 aliphatic carbocycles. The summed E-state index contributed by atoms with van der Waals surface area (Å²) in [6, 6.07) is 0. The molecule has 5 heteroatoms. The van der Waals surface area contributed by atoms with Crippen LogP contribution in [-0.2, 0) is 18.3 Å². The van der Waals surface area contributed by atoms with Gasteiger partial charge in [0.05, 0.1) is 5.69 Å². The maximum Gasteiger partial charge on any atom is 0.249 e. The third-order valence-corrected chi connectivity index (χ3v) is 3.45. The molecule has 1 atom stereocenters. The van der Waals surface area contributed by atoms with Crippen molar-refractivity contribution in [3.05, 3.63) is 5.69 Å². The average molecular weight is 236 g/mol. The average Bonchev–Trinajstić information content (AvgIpc) is 2.58. The zero-order valence-electron chi connectivity index (χ0n) is 10.9. The van der Waals surface area contributed by atoms with E-state index in [2.05, 4.69) is 22.7 Å². The van der Waals surface area contributed by atoms with Crippen molar-refractivity contribution < 1.29 is 4.79 Å². The first-order chi connectivity index (χ1) is 8.01. The molecule has 5 nitrogen and oxygen atoms in total. The van der Waals surface area contributed by atoms with Gasteiger partial charge < -0.3 is 10.6 Å². The number of hydrogen-bond acceptors (Lipinski definition) is 3. The van der Waals surface area contributed by atoms with E-state index in [9.17, 15) is 4.79 Å². The number of fused-ring (bicyclic) bond motifs is 1. The fourth-order valence-corrected chi connectivity index (χ4v) is 2.08. The third kappa shape index (κ3) is 1.79. The second-order valence-corrected chi connectivity index (χ2v) is 4.81. The zero-order valence-corrected chi connectivity index (χ0v) is 10.9. The van der Waals surface area contributed by atoms with Crippen LogP contribution >= 0.6 is 0 Å². The van der Waals surface area contributed by atoms with E-state index in [0.29, 0.717) is 0 Å². The number of nitrogens with one attached hydrogen (secondary N) is 2. The van der Waals surface area contributed by atoms with Gasteiger partial charge in [-0.2, -0.15) is 5.10 Å². The molecule has 0 fully saturated rings. The maximum absolute atomic E-state index is 12.1. The molecule has 1 aliphatic rings. The van der Waals surface area contributed by atoms with Crippen LogP contribution < -0.4 is 10.6 Å². The summed E-state index contributed by atoms with van der Waals surface area (Å²) in [5.74, 6) is 0.940. The topological polar surface area (TPSA) is 59.0 Å². The van der Waals surface area contributed by atoms with Crippen LogP contribution in [-0.4, -0.2) is 21.2 Å². The third-order valence-electron chi connectivity index (χ3n) is 3.45. The maximum atomic E-state index is 12.1. The molecule has 94 valence electrons. The summed E-state index contributed by atoms with van der Waals surface area (Å²) in [7, 11) is 1.90. The quantitative estimate of drug-likeness (QED) is 0.842. The highest BCUT2D eigenvalue weighted by atomic mass is 16.2. The van der Waals surface area contributed by atoms with Crippen molar-refractivity contribution in [3.8, 4) is 0 Å². The predicted octanol–water partition coefficient (Wildman–Crippen LogP) is 1.91. The molecule has 0 bridgehead atoms. The van der Waals surface area contributed by atoms with E-state index in [1.807, 2.05) is 25.6 Å². The fourth-order valence-electron chi connectivity index (χ4n) is 2.08. The van der Waals surface area contributed by atoms with Crippen LogP contribution in [0.15, 0.2) is 0 Å². The Bertz CT molecular complexity index is 452. The van der Waals surface area contributed by atoms with E-state index in [-0.39, 0.29) is 5.91 Å². The van der Waals surface area contributed by atoms with E-state index in [1.165, 1.54) is 0 Å². The lowest BCUT2D eigenvalue weighted by Crippen LogP contribution is -2.50. The molecular formula is C12H20N4O. The van der Waals surface area contributed by atoms with Crippen LogP contribution in [0, 0.1) is 0 Å². The molecule has 1 aromatic heterocycles. The van der Waals surface area contributed by atoms with Crippen molar-refractivity contribution >= 4 is 17.4 Å². The van der Waals surface area contributed by atoms with Gasteiger partial charge in [-0.25, -0.2) is 0 Å². The molecule has 2 heterocycles. The van der Waals surface area contributed by atoms with Crippen LogP contribution in [0.25, 0.3) is 0 Å². The van der Waals surface area contributed by atoms with Gasteiger partial charge in [-0.05, 0) is 19.8 Å². The van der Waals surface area contributed by atoms with Crippen molar-refractivity contribution in [1.82, 2.24) is 9.78 Å². The number of carbonyl (C=O) groups is 1. The number of nitrogens with zero attached hydrogens (tertiary/aromatic N) is 2. The Balaban J connectivity index is 2.42. The standard InChI is InChI=1S/C12H20N4O/c1-5-7-8-9-10(16(4)15-8)14-12(3,6-2)11(17)13-9/h14H,5-7H2,1-4H3,(H,13,17). The molecule has 17 heavy (non-hydrogen) atoms. The summed E-state index contributed by atoms with van der Waals surface area (Å²) in [5.41, 5.74) is 1.28. The van der Waals surface area contributed by atoms with Crippen LogP contribution in [0.5, 0.6) is 0 Å². The highest BCUT2D eigenvalue weighted by molar-refractivity contribution is 6.05. The summed E-state index contributed by atoms with van der Waals surface area (Å²) in [4.78, 5) is 12.1. The van der Waals surface area contributed by atoms with Gasteiger partial charge in [0.25, 0.3) is 0 Å². The molecule has 0 aromatic carbocycles. The van der Waals surface area contributed by atoms with Crippen LogP contribution in [0.2, 0.25) is 0 Å². The molecular weight excluding hydrogens is 216 g/mol. The summed E-state index contributed by atoms with van der Waals surface area (Å²) in [6.07, 6.45) is 2.64. The molecule has 0 spiro atoms. The first-order valence-corrected chi connectivity index (χ1v) is 6.17. The second kappa shape index (κ2) is 4.05. The normalized spacial score (nSPS) is 22.9. The van der Waals surface area contributed by atoms with Crippen LogP contribution in [0.3, 0.4) is 0 Å². The van der Waals surface area contributed by atoms with E-state index < -0.39 is 5.54 Å². The molecule has 0 saturated carbocycles. The number of amides is 1. The number of aromatic nitrogens is 2. The summed E-state index contributed by atoms with van der Waals surface area (Å²) in [5, 5.41) is 10.8. The van der Waals surface area contributed by atoms with E-state index in [4.69, 9.17) is 0 Å². The SMILES string of the molecule is CCCc1nn(C)c2c1NC(=O)C(C)(CC)N2. The Kier molecular flexibility index (Phi) is 2.85. The largest absolute Gasteiger partial charge is 0.355 e. The number of carbonyl (C=O) groups excluding carboxylic acids is 1. The summed E-state index contributed by atoms with van der Waals surface area (Å²) in [6.45, 7) is 6.02. The fraction of sp³-hybridized carbons (Fsp3) is 0.667. The van der Waals surface area contributed by atoms with Gasteiger partial charge in [0, 0.05) is 7.05 Å². The van der Waals surface area contributed by atoms with E-state index in [0.717, 1.165) is 36.5 Å². The van der Waals surface area contributed by atoms with Crippen LogP contribution in [0.1, 0.15) is 39.3 Å². The Hall–Kier alpha value is -1.52. The van der Waals surface area contributed by atoms with Gasteiger partial charge in [-0.15, -0.1) is 0 Å². The highest BCUT2D eigenvalue weighted by Crippen LogP contribution is 2.34. The monoisotopic (exact) mass is 236 g/mol. The van der Waals surface area contributed by atoms with Crippen LogP contribution in [0.4, 0.5) is 11.5 Å². The smallest absolute Gasteiger partial charge is 0.249 e. The van der Waals surface area contributed by atoms with Gasteiger partial charge >= 0.3 is 0 Å². The molecule has 1 aliphatic heterocycles. The predicted molar refractivity (Wildman–Crippen MR) is 68.2 cm³/mol. The van der Waals surface area contributed by atoms with E-state index >= 15 is 0 Å². The van der Waals surface area contributed by atoms with Gasteiger partial charge in [0.2, 0.25) is 5.91 Å². The lowest BCUT2D eigenvalue weighted by atomic mass is 9.95.